The van der Waals surface area contributed by atoms with Crippen molar-refractivity contribution in [1.29, 1.82) is 0 Å². The normalized spacial score (nSPS) is 50.2. The summed E-state index contributed by atoms with van der Waals surface area (Å²) in [5.74, 6) is -1.19. The van der Waals surface area contributed by atoms with E-state index in [1.807, 2.05) is 32.9 Å². The van der Waals surface area contributed by atoms with Crippen LogP contribution in [-0.2, 0) is 14.3 Å². The van der Waals surface area contributed by atoms with Gasteiger partial charge in [-0.05, 0) is 90.0 Å². The van der Waals surface area contributed by atoms with E-state index in [0.717, 1.165) is 32.1 Å². The van der Waals surface area contributed by atoms with Crippen LogP contribution in [0.4, 0.5) is 0 Å². The predicted molar refractivity (Wildman–Crippen MR) is 138 cm³/mol. The van der Waals surface area contributed by atoms with Crippen molar-refractivity contribution >= 4 is 5.78 Å². The molecule has 2 N–H and O–H groups in total. The van der Waals surface area contributed by atoms with Gasteiger partial charge in [0.1, 0.15) is 5.60 Å². The third-order valence-electron chi connectivity index (χ3n) is 10.7. The fraction of sp³-hybridized carbons (Fsp3) is 0.900. The number of hydrogen-bond donors (Lipinski definition) is 2. The quantitative estimate of drug-likeness (QED) is 0.467. The average molecular weight is 491 g/mol. The summed E-state index contributed by atoms with van der Waals surface area (Å²) in [6, 6.07) is 0. The number of Topliss-reactive ketones (excluding diaryl/α,β-unsaturated/α-hetero) is 1. The Kier molecular flexibility index (Phi) is 6.74. The molecule has 2 heterocycles. The summed E-state index contributed by atoms with van der Waals surface area (Å²) in [6.07, 6.45) is 11.3. The van der Waals surface area contributed by atoms with Crippen LogP contribution in [0.25, 0.3) is 0 Å². The first-order valence-electron chi connectivity index (χ1n) is 14.0. The molecule has 0 aromatic carbocycles. The number of carbonyl (C=O) groups is 1. The maximum atomic E-state index is 12.8. The molecule has 0 bridgehead atoms. The van der Waals surface area contributed by atoms with Crippen LogP contribution in [0, 0.1) is 28.6 Å². The van der Waals surface area contributed by atoms with Gasteiger partial charge < -0.3 is 19.7 Å². The molecular weight excluding hydrogens is 440 g/mol. The van der Waals surface area contributed by atoms with Crippen molar-refractivity contribution in [3.05, 3.63) is 12.2 Å². The van der Waals surface area contributed by atoms with Crippen LogP contribution >= 0.6 is 0 Å². The minimum Gasteiger partial charge on any atom is -0.390 e. The standard InChI is InChI=1S/C30H50O5/c1-20-10-11-21-25(2,3)15-9-16-29(21,8)35-30(20,33)19-12-22-27(6)17-13-23(31)26(4,5)34-24(27)14-18-28(22,7)32/h12,19-22,24,32-33H,9-11,13-18H2,1-8H3/b19-12+/t20?,21?,22-,24?,27-,28+,29?,30?/m1/s1. The molecule has 2 aliphatic heterocycles. The van der Waals surface area contributed by atoms with Crippen molar-refractivity contribution in [1.82, 2.24) is 0 Å². The number of ketones is 1. The Balaban J connectivity index is 1.67. The van der Waals surface area contributed by atoms with Crippen LogP contribution < -0.4 is 0 Å². The van der Waals surface area contributed by atoms with Crippen LogP contribution in [0.15, 0.2) is 12.2 Å². The molecule has 200 valence electrons. The van der Waals surface area contributed by atoms with Gasteiger partial charge in [-0.15, -0.1) is 0 Å². The Bertz CT molecular complexity index is 859. The highest BCUT2D eigenvalue weighted by Crippen LogP contribution is 2.56. The molecule has 5 unspecified atom stereocenters. The molecule has 8 atom stereocenters. The van der Waals surface area contributed by atoms with Gasteiger partial charge in [0.2, 0.25) is 0 Å². The Morgan fingerprint density at radius 2 is 1.60 bits per heavy atom. The van der Waals surface area contributed by atoms with E-state index in [-0.39, 0.29) is 34.7 Å². The van der Waals surface area contributed by atoms with Crippen molar-refractivity contribution in [3.8, 4) is 0 Å². The van der Waals surface area contributed by atoms with Crippen molar-refractivity contribution < 1.29 is 24.5 Å². The summed E-state index contributed by atoms with van der Waals surface area (Å²) in [6.45, 7) is 16.7. The van der Waals surface area contributed by atoms with Crippen LogP contribution in [0.1, 0.15) is 113 Å². The molecule has 2 aliphatic carbocycles. The Morgan fingerprint density at radius 3 is 2.29 bits per heavy atom. The van der Waals surface area contributed by atoms with Crippen LogP contribution in [0.3, 0.4) is 0 Å². The van der Waals surface area contributed by atoms with Crippen molar-refractivity contribution in [2.24, 2.45) is 28.6 Å². The monoisotopic (exact) mass is 490 g/mol. The minimum atomic E-state index is -1.39. The second-order valence-corrected chi connectivity index (χ2v) is 14.3. The van der Waals surface area contributed by atoms with E-state index >= 15 is 0 Å². The Labute approximate surface area is 213 Å². The highest BCUT2D eigenvalue weighted by atomic mass is 16.6. The van der Waals surface area contributed by atoms with Gasteiger partial charge in [-0.25, -0.2) is 0 Å². The molecule has 2 saturated carbocycles. The summed E-state index contributed by atoms with van der Waals surface area (Å²) in [4.78, 5) is 12.8. The SMILES string of the molecule is CC1CCC2C(C)(C)CCCC2(C)OC1(O)/C=C/[C@H]1[C@@](C)(O)CCC2OC(C)(C)C(=O)CC[C@@]21C. The first-order valence-corrected chi connectivity index (χ1v) is 14.0. The van der Waals surface area contributed by atoms with Gasteiger partial charge in [-0.3, -0.25) is 4.79 Å². The van der Waals surface area contributed by atoms with Crippen LogP contribution in [0.2, 0.25) is 0 Å². The second-order valence-electron chi connectivity index (χ2n) is 14.3. The fourth-order valence-electron chi connectivity index (χ4n) is 8.28. The number of carbonyl (C=O) groups excluding carboxylic acids is 1. The van der Waals surface area contributed by atoms with E-state index in [0.29, 0.717) is 25.2 Å². The summed E-state index contributed by atoms with van der Waals surface area (Å²) in [7, 11) is 0. The lowest BCUT2D eigenvalue weighted by Crippen LogP contribution is -2.56. The van der Waals surface area contributed by atoms with Gasteiger partial charge in [0.05, 0.1) is 17.3 Å². The van der Waals surface area contributed by atoms with E-state index in [2.05, 4.69) is 34.6 Å². The predicted octanol–water partition coefficient (Wildman–Crippen LogP) is 5.96. The smallest absolute Gasteiger partial charge is 0.188 e. The molecule has 0 radical (unpaired) electrons. The average Bonchev–Trinajstić information content (AvgIpc) is 2.88. The highest BCUT2D eigenvalue weighted by molar-refractivity contribution is 5.86. The lowest BCUT2D eigenvalue weighted by atomic mass is 9.57. The summed E-state index contributed by atoms with van der Waals surface area (Å²) in [5, 5.41) is 23.5. The van der Waals surface area contributed by atoms with E-state index in [1.165, 1.54) is 6.42 Å². The van der Waals surface area contributed by atoms with Gasteiger partial charge >= 0.3 is 0 Å². The van der Waals surface area contributed by atoms with Gasteiger partial charge in [0.25, 0.3) is 0 Å². The van der Waals surface area contributed by atoms with E-state index in [4.69, 9.17) is 9.47 Å². The molecule has 0 amide bonds. The fourth-order valence-corrected chi connectivity index (χ4v) is 8.28. The Morgan fingerprint density at radius 1 is 0.914 bits per heavy atom. The molecule has 0 spiro atoms. The molecule has 5 heteroatoms. The summed E-state index contributed by atoms with van der Waals surface area (Å²) >= 11 is 0. The van der Waals surface area contributed by atoms with E-state index in [9.17, 15) is 15.0 Å². The maximum Gasteiger partial charge on any atom is 0.188 e. The van der Waals surface area contributed by atoms with Gasteiger partial charge in [0, 0.05) is 23.7 Å². The third kappa shape index (κ3) is 4.69. The van der Waals surface area contributed by atoms with Crippen molar-refractivity contribution in [3.63, 3.8) is 0 Å². The molecular formula is C30H50O5. The number of aliphatic hydroxyl groups is 2. The molecule has 4 aliphatic rings. The summed E-state index contributed by atoms with van der Waals surface area (Å²) in [5.41, 5.74) is -2.37. The first kappa shape index (κ1) is 27.3. The van der Waals surface area contributed by atoms with Crippen molar-refractivity contribution in [2.75, 3.05) is 0 Å². The molecule has 0 aromatic rings. The van der Waals surface area contributed by atoms with Crippen LogP contribution in [0.5, 0.6) is 0 Å². The molecule has 4 fully saturated rings. The number of fused-ring (bicyclic) bond motifs is 2. The summed E-state index contributed by atoms with van der Waals surface area (Å²) < 4.78 is 13.2. The molecule has 4 rings (SSSR count). The third-order valence-corrected chi connectivity index (χ3v) is 10.7. The second kappa shape index (κ2) is 8.64. The number of hydrogen-bond acceptors (Lipinski definition) is 5. The van der Waals surface area contributed by atoms with Crippen molar-refractivity contribution in [2.45, 2.75) is 142 Å². The minimum absolute atomic E-state index is 0.0555. The lowest BCUT2D eigenvalue weighted by Gasteiger charge is -2.53. The van der Waals surface area contributed by atoms with Gasteiger partial charge in [-0.2, -0.15) is 0 Å². The zero-order chi connectivity index (χ0) is 26.1. The highest BCUT2D eigenvalue weighted by Gasteiger charge is 2.57. The zero-order valence-electron chi connectivity index (χ0n) is 23.4. The molecule has 5 nitrogen and oxygen atoms in total. The maximum absolute atomic E-state index is 12.8. The first-order chi connectivity index (χ1) is 16.0. The van der Waals surface area contributed by atoms with E-state index in [1.54, 1.807) is 0 Å². The molecule has 2 saturated heterocycles. The molecule has 0 aromatic heterocycles. The van der Waals surface area contributed by atoms with E-state index < -0.39 is 22.4 Å². The topological polar surface area (TPSA) is 76.0 Å². The lowest BCUT2D eigenvalue weighted by molar-refractivity contribution is -0.275. The molecule has 35 heavy (non-hydrogen) atoms. The number of ether oxygens (including phenoxy) is 2. The van der Waals surface area contributed by atoms with Crippen LogP contribution in [-0.4, -0.2) is 44.7 Å². The zero-order valence-corrected chi connectivity index (χ0v) is 23.4. The van der Waals surface area contributed by atoms with Gasteiger partial charge in [0.15, 0.2) is 11.6 Å². The Hall–Kier alpha value is -0.750. The van der Waals surface area contributed by atoms with Gasteiger partial charge in [-0.1, -0.05) is 40.2 Å². The number of rotatable bonds is 2. The largest absolute Gasteiger partial charge is 0.390 e.